The van der Waals surface area contributed by atoms with Crippen molar-refractivity contribution in [3.8, 4) is 0 Å². The molecule has 208 valence electrons. The summed E-state index contributed by atoms with van der Waals surface area (Å²) in [7, 11) is -4.64. The lowest BCUT2D eigenvalue weighted by Crippen LogP contribution is -2.37. The van der Waals surface area contributed by atoms with E-state index in [1.165, 1.54) is 29.4 Å². The Kier molecular flexibility index (Phi) is 8.69. The Balaban J connectivity index is 1.54. The van der Waals surface area contributed by atoms with Crippen molar-refractivity contribution >= 4 is 50.9 Å². The molecule has 0 aliphatic carbocycles. The molecule has 2 aromatic carbocycles. The van der Waals surface area contributed by atoms with Gasteiger partial charge in [-0.2, -0.15) is 18.2 Å². The Labute approximate surface area is 225 Å². The minimum atomic E-state index is -5.37. The highest BCUT2D eigenvalue weighted by atomic mass is 35.5. The maximum Gasteiger partial charge on any atom is 0.492 e. The molecule has 0 amide bonds. The van der Waals surface area contributed by atoms with E-state index in [1.54, 1.807) is 24.3 Å². The molecule has 0 bridgehead atoms. The van der Waals surface area contributed by atoms with E-state index >= 15 is 0 Å². The molecular weight excluding hydrogens is 567 g/mol. The van der Waals surface area contributed by atoms with Crippen LogP contribution in [0.4, 0.5) is 36.4 Å². The summed E-state index contributed by atoms with van der Waals surface area (Å²) >= 11 is 5.90. The Morgan fingerprint density at radius 1 is 1.08 bits per heavy atom. The van der Waals surface area contributed by atoms with Crippen LogP contribution in [-0.4, -0.2) is 61.8 Å². The number of sulfonamides is 1. The number of ether oxygens (including phenoxy) is 1. The van der Waals surface area contributed by atoms with Gasteiger partial charge in [0.25, 0.3) is 10.0 Å². The first-order valence-electron chi connectivity index (χ1n) is 11.2. The minimum absolute atomic E-state index is 0.0305. The van der Waals surface area contributed by atoms with Crippen molar-refractivity contribution in [3.05, 3.63) is 59.4 Å². The number of hydrogen-bond donors (Lipinski definition) is 3. The van der Waals surface area contributed by atoms with E-state index in [0.29, 0.717) is 48.3 Å². The van der Waals surface area contributed by atoms with E-state index in [-0.39, 0.29) is 18.4 Å². The lowest BCUT2D eigenvalue weighted by atomic mass is 10.1. The van der Waals surface area contributed by atoms with Gasteiger partial charge in [0.1, 0.15) is 6.33 Å². The number of morpholine rings is 1. The molecule has 2 heterocycles. The molecular formula is C22H21ClF3N7O5S. The molecule has 1 fully saturated rings. The van der Waals surface area contributed by atoms with Crippen molar-refractivity contribution in [2.45, 2.75) is 17.6 Å². The lowest BCUT2D eigenvalue weighted by molar-refractivity contribution is -0.203. The number of carbonyl (C=O) groups excluding carboxylic acids is 1. The maximum absolute atomic E-state index is 12.6. The van der Waals surface area contributed by atoms with Crippen LogP contribution in [0.2, 0.25) is 5.02 Å². The zero-order chi connectivity index (χ0) is 28.0. The fourth-order valence-electron chi connectivity index (χ4n) is 3.46. The van der Waals surface area contributed by atoms with E-state index in [1.807, 2.05) is 4.90 Å². The Morgan fingerprint density at radius 2 is 1.77 bits per heavy atom. The van der Waals surface area contributed by atoms with Gasteiger partial charge in [-0.15, -0.1) is 0 Å². The van der Waals surface area contributed by atoms with Crippen LogP contribution < -0.4 is 20.4 Å². The van der Waals surface area contributed by atoms with Crippen LogP contribution in [-0.2, 0) is 30.9 Å². The second kappa shape index (κ2) is 12.0. The smallest absolute Gasteiger partial charge is 0.378 e. The van der Waals surface area contributed by atoms with Gasteiger partial charge in [-0.05, 0) is 52.9 Å². The third kappa shape index (κ3) is 7.66. The van der Waals surface area contributed by atoms with Crippen molar-refractivity contribution in [2.24, 2.45) is 0 Å². The molecule has 12 nitrogen and oxygen atoms in total. The van der Waals surface area contributed by atoms with Crippen LogP contribution >= 0.6 is 11.6 Å². The van der Waals surface area contributed by atoms with E-state index in [2.05, 4.69) is 30.4 Å². The molecule has 0 radical (unpaired) electrons. The zero-order valence-corrected chi connectivity index (χ0v) is 21.5. The number of anilines is 4. The van der Waals surface area contributed by atoms with Crippen molar-refractivity contribution < 1.29 is 36.0 Å². The van der Waals surface area contributed by atoms with Gasteiger partial charge in [-0.25, -0.2) is 23.2 Å². The Morgan fingerprint density at radius 3 is 2.46 bits per heavy atom. The van der Waals surface area contributed by atoms with Gasteiger partial charge in [-0.1, -0.05) is 11.6 Å². The fraction of sp³-hybridized carbons (Fsp3) is 0.273. The van der Waals surface area contributed by atoms with Crippen LogP contribution in [0.5, 0.6) is 0 Å². The average molecular weight is 588 g/mol. The molecule has 1 aliphatic rings. The SMILES string of the molecule is O=C(ONS(=O)(=O)c1ccc(N2CCOCC2)c(CNc2ncnc(Nc3ccc(Cl)cc3)n2)c1)C(F)(F)F. The first-order valence-corrected chi connectivity index (χ1v) is 13.1. The summed E-state index contributed by atoms with van der Waals surface area (Å²) in [5.74, 6) is -2.30. The summed E-state index contributed by atoms with van der Waals surface area (Å²) in [6.45, 7) is 2.00. The average Bonchev–Trinajstić information content (AvgIpc) is 2.92. The molecule has 0 saturated carbocycles. The van der Waals surface area contributed by atoms with Crippen molar-refractivity contribution in [2.75, 3.05) is 41.8 Å². The molecule has 17 heteroatoms. The molecule has 1 saturated heterocycles. The quantitative estimate of drug-likeness (QED) is 0.317. The van der Waals surface area contributed by atoms with Gasteiger partial charge >= 0.3 is 12.1 Å². The first-order chi connectivity index (χ1) is 18.5. The highest BCUT2D eigenvalue weighted by Crippen LogP contribution is 2.26. The number of alkyl halides is 3. The number of carbonyl (C=O) groups is 1. The number of hydrogen-bond acceptors (Lipinski definition) is 11. The molecule has 3 N–H and O–H groups in total. The van der Waals surface area contributed by atoms with Crippen LogP contribution in [0.1, 0.15) is 5.56 Å². The molecule has 1 aliphatic heterocycles. The van der Waals surface area contributed by atoms with Gasteiger partial charge in [-0.3, -0.25) is 0 Å². The van der Waals surface area contributed by atoms with Gasteiger partial charge in [0, 0.05) is 36.0 Å². The normalized spacial score (nSPS) is 14.1. The molecule has 4 rings (SSSR count). The standard InChI is InChI=1S/C22H21ClF3N7O5S/c23-15-1-3-16(4-2-15)30-21-29-13-28-20(31-21)27-12-14-11-17(5-6-18(14)33-7-9-37-10-8-33)39(35,36)32-38-19(34)22(24,25)26/h1-6,11,13,32H,7-10,12H2,(H2,27,28,29,30,31). The Hall–Kier alpha value is -3.73. The number of nitrogens with zero attached hydrogens (tertiary/aromatic N) is 4. The van der Waals surface area contributed by atoms with Gasteiger partial charge in [0.05, 0.1) is 18.1 Å². The van der Waals surface area contributed by atoms with Crippen LogP contribution in [0, 0.1) is 0 Å². The van der Waals surface area contributed by atoms with Crippen LogP contribution in [0.15, 0.2) is 53.7 Å². The minimum Gasteiger partial charge on any atom is -0.378 e. The van der Waals surface area contributed by atoms with Gasteiger partial charge < -0.3 is 25.1 Å². The number of halogens is 4. The van der Waals surface area contributed by atoms with E-state index in [4.69, 9.17) is 16.3 Å². The lowest BCUT2D eigenvalue weighted by Gasteiger charge is -2.31. The van der Waals surface area contributed by atoms with E-state index in [0.717, 1.165) is 0 Å². The molecule has 0 atom stereocenters. The molecule has 0 unspecified atom stereocenters. The fourth-order valence-corrected chi connectivity index (χ4v) is 4.41. The highest BCUT2D eigenvalue weighted by molar-refractivity contribution is 7.89. The third-order valence-electron chi connectivity index (χ3n) is 5.30. The number of benzene rings is 2. The number of rotatable bonds is 9. The first kappa shape index (κ1) is 28.3. The number of aromatic nitrogens is 3. The second-order valence-electron chi connectivity index (χ2n) is 7.98. The number of nitrogens with one attached hydrogen (secondary N) is 3. The third-order valence-corrected chi connectivity index (χ3v) is 6.73. The summed E-state index contributed by atoms with van der Waals surface area (Å²) in [6, 6.07) is 10.8. The van der Waals surface area contributed by atoms with Crippen molar-refractivity contribution in [1.29, 1.82) is 0 Å². The van der Waals surface area contributed by atoms with Crippen molar-refractivity contribution in [3.63, 3.8) is 0 Å². The maximum atomic E-state index is 12.6. The summed E-state index contributed by atoms with van der Waals surface area (Å²) in [5.41, 5.74) is 1.79. The monoisotopic (exact) mass is 587 g/mol. The zero-order valence-electron chi connectivity index (χ0n) is 19.9. The largest absolute Gasteiger partial charge is 0.492 e. The van der Waals surface area contributed by atoms with E-state index < -0.39 is 27.1 Å². The summed E-state index contributed by atoms with van der Waals surface area (Å²) in [5, 5.41) is 6.56. The van der Waals surface area contributed by atoms with Crippen molar-refractivity contribution in [1.82, 2.24) is 19.8 Å². The topological polar surface area (TPSA) is 148 Å². The predicted molar refractivity (Wildman–Crippen MR) is 134 cm³/mol. The molecule has 0 spiro atoms. The van der Waals surface area contributed by atoms with Crippen LogP contribution in [0.3, 0.4) is 0 Å². The molecule has 39 heavy (non-hydrogen) atoms. The van der Waals surface area contributed by atoms with Gasteiger partial charge in [0.2, 0.25) is 11.9 Å². The summed E-state index contributed by atoms with van der Waals surface area (Å²) < 4.78 is 67.7. The second-order valence-corrected chi connectivity index (χ2v) is 10.1. The molecule has 3 aromatic rings. The molecule has 1 aromatic heterocycles. The predicted octanol–water partition coefficient (Wildman–Crippen LogP) is 3.02. The summed E-state index contributed by atoms with van der Waals surface area (Å²) in [6.07, 6.45) is -4.10. The van der Waals surface area contributed by atoms with Crippen LogP contribution in [0.25, 0.3) is 0 Å². The van der Waals surface area contributed by atoms with E-state index in [9.17, 15) is 26.4 Å². The Bertz CT molecular complexity index is 1420. The summed E-state index contributed by atoms with van der Waals surface area (Å²) in [4.78, 5) is 29.9. The van der Waals surface area contributed by atoms with Gasteiger partial charge in [0.15, 0.2) is 0 Å². The highest BCUT2D eigenvalue weighted by Gasteiger charge is 2.42.